The number of benzene rings is 2. The third-order valence-electron chi connectivity index (χ3n) is 4.26. The first-order valence-electron chi connectivity index (χ1n) is 8.96. The van der Waals surface area contributed by atoms with Gasteiger partial charge >= 0.3 is 0 Å². The molecule has 0 aliphatic carbocycles. The molecule has 0 fully saturated rings. The molecule has 0 spiro atoms. The van der Waals surface area contributed by atoms with Crippen LogP contribution in [0.2, 0.25) is 0 Å². The number of nitrogens with zero attached hydrogens (tertiary/aromatic N) is 1. The number of amides is 1. The summed E-state index contributed by atoms with van der Waals surface area (Å²) in [6, 6.07) is 21.4. The largest absolute Gasteiger partial charge is 0.457 e. The molecule has 0 unspecified atom stereocenters. The molecule has 0 atom stereocenters. The van der Waals surface area contributed by atoms with Gasteiger partial charge in [0.25, 0.3) is 11.5 Å². The molecule has 2 heterocycles. The molecule has 0 aliphatic heterocycles. The van der Waals surface area contributed by atoms with Crippen LogP contribution in [0.25, 0.3) is 11.1 Å². The minimum absolute atomic E-state index is 0.175. The maximum Gasteiger partial charge on any atom is 0.271 e. The molecule has 2 aromatic carbocycles. The van der Waals surface area contributed by atoms with Gasteiger partial charge in [-0.25, -0.2) is 0 Å². The molecule has 0 aliphatic rings. The molecule has 0 radical (unpaired) electrons. The molecule has 0 saturated heterocycles. The summed E-state index contributed by atoms with van der Waals surface area (Å²) in [6.45, 7) is 0. The van der Waals surface area contributed by atoms with Gasteiger partial charge < -0.3 is 15.0 Å². The highest BCUT2D eigenvalue weighted by atomic mass is 16.5. The highest BCUT2D eigenvalue weighted by Gasteiger charge is 2.10. The molecule has 6 heteroatoms. The van der Waals surface area contributed by atoms with Gasteiger partial charge in [0.2, 0.25) is 0 Å². The van der Waals surface area contributed by atoms with Crippen molar-refractivity contribution in [1.82, 2.24) is 9.97 Å². The average molecular weight is 383 g/mol. The molecule has 29 heavy (non-hydrogen) atoms. The van der Waals surface area contributed by atoms with Gasteiger partial charge in [-0.3, -0.25) is 14.6 Å². The van der Waals surface area contributed by atoms with Crippen LogP contribution in [0.15, 0.2) is 96.2 Å². The molecular weight excluding hydrogens is 366 g/mol. The lowest BCUT2D eigenvalue weighted by molar-refractivity contribution is 0.102. The zero-order valence-corrected chi connectivity index (χ0v) is 15.3. The van der Waals surface area contributed by atoms with Crippen molar-refractivity contribution in [1.29, 1.82) is 0 Å². The molecular formula is C23H17N3O3. The minimum atomic E-state index is -0.381. The van der Waals surface area contributed by atoms with E-state index in [9.17, 15) is 9.59 Å². The van der Waals surface area contributed by atoms with E-state index in [-0.39, 0.29) is 17.2 Å². The van der Waals surface area contributed by atoms with Crippen LogP contribution in [0.1, 0.15) is 10.4 Å². The topological polar surface area (TPSA) is 84.1 Å². The number of carbonyl (C=O) groups is 1. The van der Waals surface area contributed by atoms with E-state index in [0.717, 1.165) is 11.1 Å². The van der Waals surface area contributed by atoms with E-state index >= 15 is 0 Å². The summed E-state index contributed by atoms with van der Waals surface area (Å²) in [5.41, 5.74) is 1.87. The Balaban J connectivity index is 1.50. The van der Waals surface area contributed by atoms with Crippen LogP contribution in [-0.2, 0) is 0 Å². The van der Waals surface area contributed by atoms with Gasteiger partial charge in [-0.15, -0.1) is 0 Å². The molecule has 4 aromatic rings. The van der Waals surface area contributed by atoms with E-state index in [1.165, 1.54) is 0 Å². The predicted octanol–water partition coefficient (Wildman–Crippen LogP) is 4.48. The number of anilines is 1. The van der Waals surface area contributed by atoms with E-state index < -0.39 is 0 Å². The maximum absolute atomic E-state index is 12.6. The van der Waals surface area contributed by atoms with Gasteiger partial charge in [-0.2, -0.15) is 0 Å². The number of carbonyl (C=O) groups excluding carboxylic acids is 1. The lowest BCUT2D eigenvalue weighted by Gasteiger charge is -2.08. The van der Waals surface area contributed by atoms with Gasteiger partial charge in [0, 0.05) is 29.7 Å². The lowest BCUT2D eigenvalue weighted by Crippen LogP contribution is -2.19. The van der Waals surface area contributed by atoms with Crippen LogP contribution in [0.4, 0.5) is 5.69 Å². The third-order valence-corrected chi connectivity index (χ3v) is 4.26. The molecule has 4 rings (SSSR count). The minimum Gasteiger partial charge on any atom is -0.457 e. The first-order valence-corrected chi connectivity index (χ1v) is 8.96. The second kappa shape index (κ2) is 8.22. The van der Waals surface area contributed by atoms with Gasteiger partial charge in [0.05, 0.1) is 0 Å². The van der Waals surface area contributed by atoms with E-state index in [4.69, 9.17) is 4.74 Å². The zero-order valence-electron chi connectivity index (χ0n) is 15.3. The van der Waals surface area contributed by atoms with Crippen LogP contribution in [0.5, 0.6) is 11.5 Å². The van der Waals surface area contributed by atoms with Crippen LogP contribution >= 0.6 is 0 Å². The maximum atomic E-state index is 12.6. The highest BCUT2D eigenvalue weighted by Crippen LogP contribution is 2.22. The van der Waals surface area contributed by atoms with E-state index in [2.05, 4.69) is 15.3 Å². The van der Waals surface area contributed by atoms with Gasteiger partial charge in [0.1, 0.15) is 17.2 Å². The second-order valence-corrected chi connectivity index (χ2v) is 6.26. The number of aromatic amines is 1. The lowest BCUT2D eigenvalue weighted by atomic mass is 10.1. The Hall–Kier alpha value is -4.19. The van der Waals surface area contributed by atoms with Crippen molar-refractivity contribution < 1.29 is 9.53 Å². The van der Waals surface area contributed by atoms with Crippen molar-refractivity contribution in [2.24, 2.45) is 0 Å². The summed E-state index contributed by atoms with van der Waals surface area (Å²) < 4.78 is 5.72. The van der Waals surface area contributed by atoms with Crippen molar-refractivity contribution in [2.45, 2.75) is 0 Å². The highest BCUT2D eigenvalue weighted by molar-refractivity contribution is 6.04. The van der Waals surface area contributed by atoms with Crippen molar-refractivity contribution in [3.8, 4) is 22.6 Å². The second-order valence-electron chi connectivity index (χ2n) is 6.26. The summed E-state index contributed by atoms with van der Waals surface area (Å²) in [5, 5.41) is 2.67. The van der Waals surface area contributed by atoms with Crippen LogP contribution in [0.3, 0.4) is 0 Å². The monoisotopic (exact) mass is 383 g/mol. The number of pyridine rings is 2. The molecule has 0 saturated carbocycles. The number of ether oxygens (including phenoxy) is 1. The number of rotatable bonds is 5. The van der Waals surface area contributed by atoms with Crippen LogP contribution in [0, 0.1) is 0 Å². The smallest absolute Gasteiger partial charge is 0.271 e. The predicted molar refractivity (Wildman–Crippen MR) is 111 cm³/mol. The Morgan fingerprint density at radius 1 is 0.862 bits per heavy atom. The number of para-hydroxylation sites is 1. The first kappa shape index (κ1) is 18.2. The summed E-state index contributed by atoms with van der Waals surface area (Å²) in [5.74, 6) is 0.947. The summed E-state index contributed by atoms with van der Waals surface area (Å²) in [7, 11) is 0. The Morgan fingerprint density at radius 3 is 2.28 bits per heavy atom. The zero-order chi connectivity index (χ0) is 20.1. The van der Waals surface area contributed by atoms with E-state index in [1.54, 1.807) is 48.9 Å². The van der Waals surface area contributed by atoms with Gasteiger partial charge in [-0.1, -0.05) is 18.2 Å². The number of hydrogen-bond donors (Lipinski definition) is 2. The van der Waals surface area contributed by atoms with Crippen LogP contribution < -0.4 is 15.6 Å². The number of aromatic nitrogens is 2. The molecule has 142 valence electrons. The Labute approximate surface area is 166 Å². The van der Waals surface area contributed by atoms with Gasteiger partial charge in [0.15, 0.2) is 0 Å². The fourth-order valence-electron chi connectivity index (χ4n) is 2.78. The van der Waals surface area contributed by atoms with E-state index in [1.807, 2.05) is 42.5 Å². The quantitative estimate of drug-likeness (QED) is 0.532. The van der Waals surface area contributed by atoms with Crippen molar-refractivity contribution in [3.05, 3.63) is 107 Å². The number of hydrogen-bond acceptors (Lipinski definition) is 4. The summed E-state index contributed by atoms with van der Waals surface area (Å²) >= 11 is 0. The molecule has 2 aromatic heterocycles. The number of nitrogens with one attached hydrogen (secondary N) is 2. The molecule has 0 bridgehead atoms. The fraction of sp³-hybridized carbons (Fsp3) is 0. The standard InChI is InChI=1S/C23H17N3O3/c27-22(17-6-8-20(9-7-17)29-19-4-2-1-3-5-19)26-21-14-18(15-25-23(21)28)16-10-12-24-13-11-16/h1-15H,(H,25,28)(H,26,27). The Kier molecular flexibility index (Phi) is 5.16. The number of H-pyrrole nitrogens is 1. The van der Waals surface area contributed by atoms with Crippen LogP contribution in [-0.4, -0.2) is 15.9 Å². The SMILES string of the molecule is O=C(Nc1cc(-c2ccncc2)c[nH]c1=O)c1ccc(Oc2ccccc2)cc1. The van der Waals surface area contributed by atoms with Crippen molar-refractivity contribution in [3.63, 3.8) is 0 Å². The normalized spacial score (nSPS) is 10.3. The van der Waals surface area contributed by atoms with E-state index in [0.29, 0.717) is 17.1 Å². The fourth-order valence-corrected chi connectivity index (χ4v) is 2.78. The van der Waals surface area contributed by atoms with Gasteiger partial charge in [-0.05, 0) is 60.2 Å². The molecule has 6 nitrogen and oxygen atoms in total. The third kappa shape index (κ3) is 4.39. The first-order chi connectivity index (χ1) is 14.2. The summed E-state index contributed by atoms with van der Waals surface area (Å²) in [6.07, 6.45) is 4.93. The average Bonchev–Trinajstić information content (AvgIpc) is 2.77. The van der Waals surface area contributed by atoms with Crippen molar-refractivity contribution >= 4 is 11.6 Å². The van der Waals surface area contributed by atoms with Crippen molar-refractivity contribution in [2.75, 3.05) is 5.32 Å². The molecule has 2 N–H and O–H groups in total. The Bertz CT molecular complexity index is 1170. The Morgan fingerprint density at radius 2 is 1.55 bits per heavy atom. The molecule has 1 amide bonds. The summed E-state index contributed by atoms with van der Waals surface area (Å²) in [4.78, 5) is 31.3.